The third-order valence-corrected chi connectivity index (χ3v) is 7.29. The molecule has 3 N–H and O–H groups in total. The van der Waals surface area contributed by atoms with Gasteiger partial charge in [-0.3, -0.25) is 9.59 Å². The minimum Gasteiger partial charge on any atom is -0.492 e. The number of hydrogen-bond acceptors (Lipinski definition) is 6. The summed E-state index contributed by atoms with van der Waals surface area (Å²) in [5, 5.41) is 6.92. The van der Waals surface area contributed by atoms with Crippen LogP contribution in [0.5, 0.6) is 5.75 Å². The average Bonchev–Trinajstić information content (AvgIpc) is 2.83. The first-order chi connectivity index (χ1) is 17.8. The first kappa shape index (κ1) is 30.4. The molecule has 0 radical (unpaired) electrons. The molecule has 3 heterocycles. The zero-order valence-corrected chi connectivity index (χ0v) is 24.1. The Balaban J connectivity index is 0.00000210. The molecule has 0 saturated carbocycles. The molecule has 4 aromatic rings. The first-order valence-corrected chi connectivity index (χ1v) is 12.6. The van der Waals surface area contributed by atoms with Crippen LogP contribution in [0.1, 0.15) is 39.9 Å². The summed E-state index contributed by atoms with van der Waals surface area (Å²) in [4.78, 5) is 37.4. The smallest absolute Gasteiger partial charge is 0.260 e. The minimum absolute atomic E-state index is 0. The summed E-state index contributed by atoms with van der Waals surface area (Å²) in [6.07, 6.45) is 4.80. The van der Waals surface area contributed by atoms with Crippen LogP contribution in [0.25, 0.3) is 22.0 Å². The predicted octanol–water partition coefficient (Wildman–Crippen LogP) is 5.79. The van der Waals surface area contributed by atoms with E-state index in [-0.39, 0.29) is 41.0 Å². The first-order valence-electron chi connectivity index (χ1n) is 12.2. The predicted molar refractivity (Wildman–Crippen MR) is 160 cm³/mol. The summed E-state index contributed by atoms with van der Waals surface area (Å²) in [7, 11) is 0. The van der Waals surface area contributed by atoms with Gasteiger partial charge in [0.2, 0.25) is 0 Å². The van der Waals surface area contributed by atoms with Gasteiger partial charge in [-0.15, -0.1) is 24.8 Å². The molecule has 0 aliphatic carbocycles. The normalized spacial score (nSPS) is 14.1. The fraction of sp³-hybridized carbons (Fsp3) is 0.286. The summed E-state index contributed by atoms with van der Waals surface area (Å²) in [5.74, 6) is 0.367. The van der Waals surface area contributed by atoms with Gasteiger partial charge in [0.25, 0.3) is 11.5 Å². The lowest BCUT2D eigenvalue weighted by atomic mass is 9.95. The Bertz CT molecular complexity index is 1530. The van der Waals surface area contributed by atoms with E-state index in [1.165, 1.54) is 18.1 Å². The van der Waals surface area contributed by atoms with Gasteiger partial charge in [0.15, 0.2) is 0 Å². The number of pyridine rings is 1. The molecule has 206 valence electrons. The standard InChI is InChI=1S/C28H28ClN5O3.2ClH/c1-15-10-18(11-16(2)17(15)3)25-26(37-9-6-19-4-8-31-19)21-12-20(22(29)13-23(21)33-28(25)36)27(35)34-24-5-7-30-14-32-24;;/h5,7,10-14,19,31H,4,6,8-9H2,1-3H3,(H,33,36)(H,30,32,34,35);2*1H/t19-;;/m0../s1. The minimum atomic E-state index is -0.426. The van der Waals surface area contributed by atoms with Gasteiger partial charge in [0.05, 0.1) is 28.3 Å². The van der Waals surface area contributed by atoms with E-state index in [9.17, 15) is 9.59 Å². The number of aromatic amines is 1. The number of carbonyl (C=O) groups is 1. The van der Waals surface area contributed by atoms with Crippen molar-refractivity contribution in [2.75, 3.05) is 18.5 Å². The second-order valence-electron chi connectivity index (χ2n) is 9.40. The Morgan fingerprint density at radius 2 is 1.87 bits per heavy atom. The van der Waals surface area contributed by atoms with Gasteiger partial charge in [-0.05, 0) is 80.6 Å². The fourth-order valence-corrected chi connectivity index (χ4v) is 4.75. The van der Waals surface area contributed by atoms with Gasteiger partial charge in [0.1, 0.15) is 17.9 Å². The highest BCUT2D eigenvalue weighted by Crippen LogP contribution is 2.37. The lowest BCUT2D eigenvalue weighted by molar-refractivity contribution is 0.102. The number of rotatable bonds is 7. The third kappa shape index (κ3) is 6.36. The van der Waals surface area contributed by atoms with Gasteiger partial charge >= 0.3 is 0 Å². The molecule has 2 aromatic heterocycles. The van der Waals surface area contributed by atoms with E-state index >= 15 is 0 Å². The number of amides is 1. The van der Waals surface area contributed by atoms with Crippen LogP contribution < -0.4 is 20.9 Å². The Morgan fingerprint density at radius 3 is 2.49 bits per heavy atom. The number of fused-ring (bicyclic) bond motifs is 1. The molecule has 2 aromatic carbocycles. The lowest BCUT2D eigenvalue weighted by Gasteiger charge is -2.27. The van der Waals surface area contributed by atoms with Crippen LogP contribution in [0, 0.1) is 20.8 Å². The number of benzene rings is 2. The van der Waals surface area contributed by atoms with Crippen molar-refractivity contribution in [2.45, 2.75) is 39.7 Å². The number of aryl methyl sites for hydroxylation is 2. The van der Waals surface area contributed by atoms with Gasteiger partial charge in [-0.1, -0.05) is 23.7 Å². The van der Waals surface area contributed by atoms with Crippen molar-refractivity contribution < 1.29 is 9.53 Å². The molecule has 1 aliphatic heterocycles. The molecule has 0 unspecified atom stereocenters. The number of anilines is 1. The molecule has 1 fully saturated rings. The van der Waals surface area contributed by atoms with Gasteiger partial charge < -0.3 is 20.4 Å². The van der Waals surface area contributed by atoms with E-state index in [0.717, 1.165) is 36.1 Å². The van der Waals surface area contributed by atoms with Crippen LogP contribution >= 0.6 is 36.4 Å². The Labute approximate surface area is 243 Å². The maximum absolute atomic E-state index is 13.4. The molecule has 5 rings (SSSR count). The largest absolute Gasteiger partial charge is 0.492 e. The number of nitrogens with one attached hydrogen (secondary N) is 3. The maximum Gasteiger partial charge on any atom is 0.260 e. The number of halogens is 3. The molecule has 1 amide bonds. The quantitative estimate of drug-likeness (QED) is 0.251. The van der Waals surface area contributed by atoms with E-state index < -0.39 is 5.91 Å². The average molecular weight is 591 g/mol. The number of H-pyrrole nitrogens is 1. The summed E-state index contributed by atoms with van der Waals surface area (Å²) < 4.78 is 6.34. The molecule has 1 atom stereocenters. The Hall–Kier alpha value is -3.17. The zero-order valence-electron chi connectivity index (χ0n) is 21.8. The molecular weight excluding hydrogens is 561 g/mol. The van der Waals surface area contributed by atoms with E-state index in [1.54, 1.807) is 18.2 Å². The summed E-state index contributed by atoms with van der Waals surface area (Å²) in [5.41, 5.74) is 5.01. The lowest BCUT2D eigenvalue weighted by Crippen LogP contribution is -2.43. The number of ether oxygens (including phenoxy) is 1. The molecule has 1 saturated heterocycles. The second-order valence-corrected chi connectivity index (χ2v) is 9.80. The van der Waals surface area contributed by atoms with Crippen LogP contribution in [0.3, 0.4) is 0 Å². The number of carbonyl (C=O) groups excluding carboxylic acids is 1. The zero-order chi connectivity index (χ0) is 26.1. The molecule has 0 bridgehead atoms. The number of hydrogen-bond donors (Lipinski definition) is 3. The molecule has 11 heteroatoms. The van der Waals surface area contributed by atoms with Crippen LogP contribution in [0.4, 0.5) is 5.82 Å². The molecule has 39 heavy (non-hydrogen) atoms. The van der Waals surface area contributed by atoms with E-state index in [0.29, 0.717) is 40.7 Å². The van der Waals surface area contributed by atoms with Crippen LogP contribution in [0.2, 0.25) is 5.02 Å². The van der Waals surface area contributed by atoms with Crippen LogP contribution in [-0.4, -0.2) is 40.1 Å². The van der Waals surface area contributed by atoms with Crippen molar-refractivity contribution in [3.63, 3.8) is 0 Å². The highest BCUT2D eigenvalue weighted by molar-refractivity contribution is 6.35. The summed E-state index contributed by atoms with van der Waals surface area (Å²) >= 11 is 6.49. The van der Waals surface area contributed by atoms with E-state index in [2.05, 4.69) is 32.5 Å². The van der Waals surface area contributed by atoms with Crippen molar-refractivity contribution in [3.8, 4) is 16.9 Å². The highest BCUT2D eigenvalue weighted by atomic mass is 35.5. The van der Waals surface area contributed by atoms with E-state index in [1.807, 2.05) is 26.0 Å². The summed E-state index contributed by atoms with van der Waals surface area (Å²) in [6, 6.07) is 9.24. The Morgan fingerprint density at radius 1 is 1.15 bits per heavy atom. The van der Waals surface area contributed by atoms with Crippen molar-refractivity contribution >= 4 is 59.0 Å². The monoisotopic (exact) mass is 589 g/mol. The van der Waals surface area contributed by atoms with Crippen molar-refractivity contribution in [2.24, 2.45) is 0 Å². The van der Waals surface area contributed by atoms with Crippen LogP contribution in [-0.2, 0) is 0 Å². The van der Waals surface area contributed by atoms with Crippen molar-refractivity contribution in [1.82, 2.24) is 20.3 Å². The van der Waals surface area contributed by atoms with Gasteiger partial charge in [-0.2, -0.15) is 0 Å². The molecule has 0 spiro atoms. The highest BCUT2D eigenvalue weighted by Gasteiger charge is 2.22. The SMILES string of the molecule is Cc1cc(-c2c(OCC[C@@H]3CCN3)c3cc(C(=O)Nc4ccncn4)c(Cl)cc3[nH]c2=O)cc(C)c1C.Cl.Cl. The van der Waals surface area contributed by atoms with Crippen molar-refractivity contribution in [1.29, 1.82) is 0 Å². The Kier molecular flexibility index (Phi) is 9.96. The maximum atomic E-state index is 13.4. The number of aromatic nitrogens is 3. The van der Waals surface area contributed by atoms with Crippen LogP contribution in [0.15, 0.2) is 47.7 Å². The fourth-order valence-electron chi connectivity index (χ4n) is 4.50. The van der Waals surface area contributed by atoms with Gasteiger partial charge in [0, 0.05) is 17.6 Å². The van der Waals surface area contributed by atoms with Gasteiger partial charge in [-0.25, -0.2) is 9.97 Å². The molecule has 8 nitrogen and oxygen atoms in total. The topological polar surface area (TPSA) is 109 Å². The number of nitrogens with zero attached hydrogens (tertiary/aromatic N) is 2. The second kappa shape index (κ2) is 12.8. The van der Waals surface area contributed by atoms with E-state index in [4.69, 9.17) is 16.3 Å². The third-order valence-electron chi connectivity index (χ3n) is 6.98. The summed E-state index contributed by atoms with van der Waals surface area (Å²) in [6.45, 7) is 7.55. The molecule has 1 aliphatic rings. The van der Waals surface area contributed by atoms with Crippen molar-refractivity contribution in [3.05, 3.63) is 80.5 Å². The molecular formula is C28H30Cl3N5O3.